The molecule has 1 heterocycles. The predicted molar refractivity (Wildman–Crippen MR) is 82.2 cm³/mol. The molecule has 0 bridgehead atoms. The first-order chi connectivity index (χ1) is 9.38. The zero-order valence-electron chi connectivity index (χ0n) is 11.3. The van der Waals surface area contributed by atoms with E-state index in [2.05, 4.69) is 48.2 Å². The van der Waals surface area contributed by atoms with Crippen molar-refractivity contribution in [2.75, 3.05) is 31.7 Å². The van der Waals surface area contributed by atoms with Crippen molar-refractivity contribution in [3.8, 4) is 5.75 Å². The first-order valence-corrected chi connectivity index (χ1v) is 8.00. The molecule has 19 heavy (non-hydrogen) atoms. The predicted octanol–water partition coefficient (Wildman–Crippen LogP) is 1.98. The maximum Gasteiger partial charge on any atom is 0.126 e. The Morgan fingerprint density at radius 3 is 2.53 bits per heavy atom. The van der Waals surface area contributed by atoms with Gasteiger partial charge in [0.15, 0.2) is 0 Å². The number of methoxy groups -OCH3 is 1. The molecular weight excluding hydrogens is 254 g/mol. The van der Waals surface area contributed by atoms with Crippen LogP contribution in [-0.2, 0) is 6.54 Å². The summed E-state index contributed by atoms with van der Waals surface area (Å²) in [5.74, 6) is 3.57. The molecule has 3 rings (SSSR count). The van der Waals surface area contributed by atoms with Crippen LogP contribution < -0.4 is 9.64 Å². The molecule has 100 valence electrons. The highest BCUT2D eigenvalue weighted by molar-refractivity contribution is 7.99. The summed E-state index contributed by atoms with van der Waals surface area (Å²) in [4.78, 5) is 1.70. The monoisotopic (exact) mass is 274 g/mol. The molecule has 1 aliphatic heterocycles. The van der Waals surface area contributed by atoms with Crippen LogP contribution in [0, 0.1) is 0 Å². The molecule has 0 aliphatic carbocycles. The van der Waals surface area contributed by atoms with E-state index >= 15 is 0 Å². The zero-order chi connectivity index (χ0) is 13.1. The van der Waals surface area contributed by atoms with E-state index < -0.39 is 0 Å². The van der Waals surface area contributed by atoms with Crippen LogP contribution in [0.1, 0.15) is 5.56 Å². The van der Waals surface area contributed by atoms with E-state index in [0.29, 0.717) is 0 Å². The van der Waals surface area contributed by atoms with E-state index in [0.717, 1.165) is 12.3 Å². The first kappa shape index (κ1) is 12.8. The molecular formula is C16H20NOS+. The van der Waals surface area contributed by atoms with Crippen molar-refractivity contribution in [1.82, 2.24) is 0 Å². The fourth-order valence-electron chi connectivity index (χ4n) is 2.77. The molecule has 0 spiro atoms. The van der Waals surface area contributed by atoms with Crippen molar-refractivity contribution >= 4 is 22.5 Å². The van der Waals surface area contributed by atoms with Crippen molar-refractivity contribution in [2.24, 2.45) is 0 Å². The van der Waals surface area contributed by atoms with E-state index in [1.54, 1.807) is 12.0 Å². The number of benzene rings is 2. The summed E-state index contributed by atoms with van der Waals surface area (Å²) >= 11 is 2.08. The van der Waals surface area contributed by atoms with E-state index in [9.17, 15) is 0 Å². The number of hydrogen-bond acceptors (Lipinski definition) is 2. The largest absolute Gasteiger partial charge is 0.496 e. The molecule has 2 aromatic rings. The second kappa shape index (κ2) is 5.85. The van der Waals surface area contributed by atoms with Gasteiger partial charge in [-0.15, -0.1) is 0 Å². The first-order valence-electron chi connectivity index (χ1n) is 6.84. The topological polar surface area (TPSA) is 13.7 Å². The fraction of sp³-hybridized carbons (Fsp3) is 0.375. The molecule has 1 fully saturated rings. The number of nitrogens with one attached hydrogen (secondary N) is 1. The lowest BCUT2D eigenvalue weighted by molar-refractivity contribution is -0.910. The highest BCUT2D eigenvalue weighted by Gasteiger charge is 2.16. The van der Waals surface area contributed by atoms with Crippen molar-refractivity contribution < 1.29 is 9.64 Å². The van der Waals surface area contributed by atoms with Crippen LogP contribution in [0.2, 0.25) is 0 Å². The highest BCUT2D eigenvalue weighted by atomic mass is 32.2. The van der Waals surface area contributed by atoms with Crippen molar-refractivity contribution in [3.63, 3.8) is 0 Å². The Balaban J connectivity index is 1.94. The van der Waals surface area contributed by atoms with Crippen molar-refractivity contribution in [3.05, 3.63) is 42.0 Å². The minimum absolute atomic E-state index is 0.976. The van der Waals surface area contributed by atoms with Gasteiger partial charge in [0.1, 0.15) is 12.3 Å². The second-order valence-electron chi connectivity index (χ2n) is 5.01. The number of rotatable bonds is 3. The number of quaternary nitrogens is 1. The smallest absolute Gasteiger partial charge is 0.126 e. The number of fused-ring (bicyclic) bond motifs is 1. The normalized spacial score (nSPS) is 16.7. The van der Waals surface area contributed by atoms with Gasteiger partial charge in [-0.2, -0.15) is 11.8 Å². The summed E-state index contributed by atoms with van der Waals surface area (Å²) in [6.07, 6.45) is 0. The van der Waals surface area contributed by atoms with Gasteiger partial charge in [-0.3, -0.25) is 0 Å². The lowest BCUT2D eigenvalue weighted by Crippen LogP contribution is -3.12. The molecule has 1 N–H and O–H groups in total. The highest BCUT2D eigenvalue weighted by Crippen LogP contribution is 2.27. The summed E-state index contributed by atoms with van der Waals surface area (Å²) in [6.45, 7) is 3.70. The summed E-state index contributed by atoms with van der Waals surface area (Å²) in [5, 5.41) is 2.57. The Kier molecular flexibility index (Phi) is 3.95. The third-order valence-electron chi connectivity index (χ3n) is 3.83. The quantitative estimate of drug-likeness (QED) is 0.919. The van der Waals surface area contributed by atoms with Crippen LogP contribution in [-0.4, -0.2) is 31.7 Å². The fourth-order valence-corrected chi connectivity index (χ4v) is 3.84. The number of thioether (sulfide) groups is 1. The van der Waals surface area contributed by atoms with Gasteiger partial charge in [-0.1, -0.05) is 24.3 Å². The molecule has 0 saturated carbocycles. The Morgan fingerprint density at radius 1 is 1.05 bits per heavy atom. The average Bonchev–Trinajstić information content (AvgIpc) is 2.49. The van der Waals surface area contributed by atoms with Gasteiger partial charge < -0.3 is 9.64 Å². The molecule has 0 unspecified atom stereocenters. The molecule has 0 aromatic heterocycles. The molecule has 2 aromatic carbocycles. The molecule has 2 nitrogen and oxygen atoms in total. The lowest BCUT2D eigenvalue weighted by Gasteiger charge is -2.24. The van der Waals surface area contributed by atoms with E-state index in [4.69, 9.17) is 4.74 Å². The van der Waals surface area contributed by atoms with Crippen LogP contribution in [0.3, 0.4) is 0 Å². The minimum Gasteiger partial charge on any atom is -0.496 e. The zero-order valence-corrected chi connectivity index (χ0v) is 12.1. The van der Waals surface area contributed by atoms with E-state index in [1.165, 1.54) is 40.9 Å². The van der Waals surface area contributed by atoms with Gasteiger partial charge in [0, 0.05) is 22.5 Å². The third kappa shape index (κ3) is 2.72. The Bertz CT molecular complexity index is 564. The summed E-state index contributed by atoms with van der Waals surface area (Å²) in [6, 6.07) is 12.9. The minimum atomic E-state index is 0.976. The van der Waals surface area contributed by atoms with Crippen molar-refractivity contribution in [1.29, 1.82) is 0 Å². The summed E-state index contributed by atoms with van der Waals surface area (Å²) in [5.41, 5.74) is 1.44. The number of ether oxygens (including phenoxy) is 1. The molecule has 0 amide bonds. The van der Waals surface area contributed by atoms with Gasteiger partial charge in [-0.25, -0.2) is 0 Å². The molecule has 1 aliphatic rings. The molecule has 0 atom stereocenters. The van der Waals surface area contributed by atoms with E-state index in [1.807, 2.05) is 0 Å². The van der Waals surface area contributed by atoms with Crippen LogP contribution in [0.15, 0.2) is 36.4 Å². The summed E-state index contributed by atoms with van der Waals surface area (Å²) < 4.78 is 5.46. The summed E-state index contributed by atoms with van der Waals surface area (Å²) in [7, 11) is 1.74. The van der Waals surface area contributed by atoms with Crippen LogP contribution in [0.25, 0.3) is 10.8 Å². The molecule has 0 radical (unpaired) electrons. The van der Waals surface area contributed by atoms with Crippen LogP contribution >= 0.6 is 11.8 Å². The SMILES string of the molecule is COc1ccc(C[NH+]2CCSCC2)c2ccccc12. The maximum absolute atomic E-state index is 5.46. The lowest BCUT2D eigenvalue weighted by atomic mass is 10.0. The third-order valence-corrected chi connectivity index (χ3v) is 4.82. The van der Waals surface area contributed by atoms with E-state index in [-0.39, 0.29) is 0 Å². The Hall–Kier alpha value is -1.19. The Labute approximate surface area is 118 Å². The van der Waals surface area contributed by atoms with Gasteiger partial charge in [-0.05, 0) is 17.5 Å². The average molecular weight is 274 g/mol. The molecule has 3 heteroatoms. The molecule has 1 saturated heterocycles. The Morgan fingerprint density at radius 2 is 1.79 bits per heavy atom. The standard InChI is InChI=1S/C16H19NOS/c1-18-16-7-6-13(12-17-8-10-19-11-9-17)14-4-2-3-5-15(14)16/h2-7H,8-12H2,1H3/p+1. The van der Waals surface area contributed by atoms with Crippen LogP contribution in [0.5, 0.6) is 5.75 Å². The maximum atomic E-state index is 5.46. The van der Waals surface area contributed by atoms with Gasteiger partial charge in [0.05, 0.1) is 20.2 Å². The van der Waals surface area contributed by atoms with Gasteiger partial charge in [0.25, 0.3) is 0 Å². The number of hydrogen-bond donors (Lipinski definition) is 1. The van der Waals surface area contributed by atoms with Gasteiger partial charge >= 0.3 is 0 Å². The van der Waals surface area contributed by atoms with Gasteiger partial charge in [0.2, 0.25) is 0 Å². The second-order valence-corrected chi connectivity index (χ2v) is 6.24. The van der Waals surface area contributed by atoms with Crippen LogP contribution in [0.4, 0.5) is 0 Å². The van der Waals surface area contributed by atoms with Crippen molar-refractivity contribution in [2.45, 2.75) is 6.54 Å².